The molecule has 0 aliphatic heterocycles. The largest absolute Gasteiger partial charge is 0.277 e. The van der Waals surface area contributed by atoms with Gasteiger partial charge in [-0.15, -0.1) is 0 Å². The molecule has 0 bridgehead atoms. The van der Waals surface area contributed by atoms with Crippen LogP contribution in [0, 0.1) is 10.4 Å². The van der Waals surface area contributed by atoms with E-state index in [2.05, 4.69) is 35.7 Å². The smallest absolute Gasteiger partial charge is 0.266 e. The average Bonchev–Trinajstić information content (AvgIpc) is 2.12. The van der Waals surface area contributed by atoms with Gasteiger partial charge in [-0.2, -0.15) is 0 Å². The quantitative estimate of drug-likeness (QED) is 0.551. The van der Waals surface area contributed by atoms with Gasteiger partial charge >= 0.3 is 0 Å². The molecule has 0 aromatic heterocycles. The van der Waals surface area contributed by atoms with Gasteiger partial charge in [0.15, 0.2) is 0 Å². The molecule has 0 aromatic carbocycles. The molecule has 0 fully saturated rings. The van der Waals surface area contributed by atoms with Crippen LogP contribution < -0.4 is 5.48 Å². The van der Waals surface area contributed by atoms with Gasteiger partial charge in [0.25, 0.3) is 5.91 Å². The fourth-order valence-corrected chi connectivity index (χ4v) is 0.805. The van der Waals surface area contributed by atoms with Crippen molar-refractivity contribution in [2.45, 2.75) is 0 Å². The Balaban J connectivity index is 0.000000130. The minimum atomic E-state index is -0.331. The molecule has 0 saturated carbocycles. The highest BCUT2D eigenvalue weighted by atomic mass is 16.6. The van der Waals surface area contributed by atoms with Gasteiger partial charge in [-0.3, -0.25) is 9.63 Å². The van der Waals surface area contributed by atoms with Crippen molar-refractivity contribution in [1.29, 1.82) is 0 Å². The van der Waals surface area contributed by atoms with Gasteiger partial charge in [0.1, 0.15) is 0 Å². The van der Waals surface area contributed by atoms with Crippen molar-refractivity contribution in [3.63, 3.8) is 0 Å². The second-order valence-corrected chi connectivity index (χ2v) is 2.45. The van der Waals surface area contributed by atoms with E-state index in [0.29, 0.717) is 0 Å². The summed E-state index contributed by atoms with van der Waals surface area (Å²) in [6, 6.07) is 8.48. The molecule has 0 unspecified atom stereocenters. The monoisotopic (exact) mass is 177 g/mol. The zero-order valence-corrected chi connectivity index (χ0v) is 7.41. The minimum Gasteiger partial charge on any atom is -0.277 e. The number of nitrogens with one attached hydrogen (secondary N) is 1. The molecule has 0 heterocycles. The summed E-state index contributed by atoms with van der Waals surface area (Å²) < 4.78 is 0. The van der Waals surface area contributed by atoms with E-state index in [0.717, 1.165) is 6.08 Å². The highest BCUT2D eigenvalue weighted by Crippen LogP contribution is 2.04. The van der Waals surface area contributed by atoms with Gasteiger partial charge in [-0.25, -0.2) is 5.48 Å². The molecule has 13 heavy (non-hydrogen) atoms. The van der Waals surface area contributed by atoms with Crippen LogP contribution in [0.25, 0.3) is 0 Å². The fraction of sp³-hybridized carbons (Fsp3) is 0.100. The van der Waals surface area contributed by atoms with Crippen LogP contribution in [0.1, 0.15) is 0 Å². The van der Waals surface area contributed by atoms with E-state index in [9.17, 15) is 4.79 Å². The van der Waals surface area contributed by atoms with Gasteiger partial charge in [-0.1, -0.05) is 30.8 Å². The molecular formula is C10H11NO2. The van der Waals surface area contributed by atoms with Crippen LogP contribution in [0.5, 0.6) is 0 Å². The summed E-state index contributed by atoms with van der Waals surface area (Å²) in [5.41, 5.74) is 2.04. The number of carbonyl (C=O) groups is 1. The van der Waals surface area contributed by atoms with Crippen LogP contribution in [-0.2, 0) is 9.63 Å². The number of carbonyl (C=O) groups excluding carboxylic acids is 1. The van der Waals surface area contributed by atoms with Crippen LogP contribution in [0.15, 0.2) is 36.9 Å². The Hall–Kier alpha value is -1.61. The van der Waals surface area contributed by atoms with E-state index in [1.54, 1.807) is 0 Å². The molecule has 0 spiro atoms. The lowest BCUT2D eigenvalue weighted by molar-refractivity contribution is -0.126. The number of rotatable bonds is 2. The second-order valence-electron chi connectivity index (χ2n) is 2.45. The Bertz CT molecular complexity index is 347. The molecule has 2 aliphatic carbocycles. The molecule has 2 rings (SSSR count). The summed E-state index contributed by atoms with van der Waals surface area (Å²) in [4.78, 5) is 14.3. The molecule has 0 aromatic rings. The first-order chi connectivity index (χ1) is 6.27. The van der Waals surface area contributed by atoms with Crippen molar-refractivity contribution >= 4 is 5.91 Å². The topological polar surface area (TPSA) is 38.3 Å². The maximum Gasteiger partial charge on any atom is 0.266 e. The molecule has 3 heteroatoms. The Kier molecular flexibility index (Phi) is 3.23. The standard InChI is InChI=1S/C6H4.C4H7NO2/c1-2-6-4-3-5(1)6;1-3-4(6)5-7-2/h1-4H;3H,1H2,2H3,(H,5,6). The van der Waals surface area contributed by atoms with Crippen LogP contribution in [-0.4, -0.2) is 13.0 Å². The van der Waals surface area contributed by atoms with E-state index >= 15 is 0 Å². The summed E-state index contributed by atoms with van der Waals surface area (Å²) in [6.45, 7) is 3.19. The zero-order chi connectivity index (χ0) is 9.68. The summed E-state index contributed by atoms with van der Waals surface area (Å²) >= 11 is 0. The van der Waals surface area contributed by atoms with Crippen molar-refractivity contribution in [2.75, 3.05) is 7.11 Å². The van der Waals surface area contributed by atoms with Gasteiger partial charge in [0.05, 0.1) is 7.11 Å². The van der Waals surface area contributed by atoms with E-state index in [-0.39, 0.29) is 5.91 Å². The Morgan fingerprint density at radius 2 is 1.85 bits per heavy atom. The first-order valence-electron chi connectivity index (χ1n) is 3.83. The van der Waals surface area contributed by atoms with Gasteiger partial charge < -0.3 is 0 Å². The Morgan fingerprint density at radius 3 is 1.92 bits per heavy atom. The van der Waals surface area contributed by atoms with E-state index in [4.69, 9.17) is 0 Å². The third-order valence-corrected chi connectivity index (χ3v) is 1.61. The number of amides is 1. The molecular weight excluding hydrogens is 166 g/mol. The predicted octanol–water partition coefficient (Wildman–Crippen LogP) is 1.14. The van der Waals surface area contributed by atoms with E-state index in [1.165, 1.54) is 17.5 Å². The number of benzene rings is 1. The Labute approximate surface area is 76.3 Å². The van der Waals surface area contributed by atoms with Crippen molar-refractivity contribution in [2.24, 2.45) is 0 Å². The molecule has 1 amide bonds. The van der Waals surface area contributed by atoms with Crippen molar-refractivity contribution in [3.05, 3.63) is 47.4 Å². The van der Waals surface area contributed by atoms with Crippen LogP contribution in [0.2, 0.25) is 0 Å². The highest BCUT2D eigenvalue weighted by molar-refractivity contribution is 5.85. The van der Waals surface area contributed by atoms with E-state index in [1.807, 2.05) is 5.48 Å². The zero-order valence-electron chi connectivity index (χ0n) is 7.41. The molecule has 1 N–H and O–H groups in total. The molecule has 68 valence electrons. The SMILES string of the molecule is C=CC(=O)NOC.c1cc2ccc1=2. The van der Waals surface area contributed by atoms with Crippen LogP contribution in [0.3, 0.4) is 0 Å². The predicted molar refractivity (Wildman–Crippen MR) is 49.5 cm³/mol. The summed E-state index contributed by atoms with van der Waals surface area (Å²) in [6.07, 6.45) is 1.13. The minimum absolute atomic E-state index is 0.331. The maximum absolute atomic E-state index is 10.1. The maximum atomic E-state index is 10.1. The highest BCUT2D eigenvalue weighted by Gasteiger charge is 1.88. The molecule has 0 saturated heterocycles. The third kappa shape index (κ3) is 2.42. The third-order valence-electron chi connectivity index (χ3n) is 1.61. The molecule has 2 aliphatic rings. The lowest BCUT2D eigenvalue weighted by atomic mass is 10.1. The lowest BCUT2D eigenvalue weighted by Crippen LogP contribution is -2.18. The molecule has 0 radical (unpaired) electrons. The van der Waals surface area contributed by atoms with E-state index < -0.39 is 0 Å². The van der Waals surface area contributed by atoms with Crippen molar-refractivity contribution in [3.8, 4) is 0 Å². The summed E-state index contributed by atoms with van der Waals surface area (Å²) in [5, 5.41) is 2.85. The number of hydrogen-bond donors (Lipinski definition) is 1. The second kappa shape index (κ2) is 4.42. The average molecular weight is 177 g/mol. The van der Waals surface area contributed by atoms with Crippen molar-refractivity contribution in [1.82, 2.24) is 5.48 Å². The Morgan fingerprint density at radius 1 is 1.38 bits per heavy atom. The molecule has 0 atom stereocenters. The van der Waals surface area contributed by atoms with Gasteiger partial charge in [0.2, 0.25) is 0 Å². The summed E-state index contributed by atoms with van der Waals surface area (Å²) in [5.74, 6) is -0.331. The first-order valence-corrected chi connectivity index (χ1v) is 3.83. The first kappa shape index (κ1) is 9.48. The van der Waals surface area contributed by atoms with Gasteiger partial charge in [-0.05, 0) is 16.5 Å². The molecule has 3 nitrogen and oxygen atoms in total. The van der Waals surface area contributed by atoms with Crippen LogP contribution >= 0.6 is 0 Å². The fourth-order valence-electron chi connectivity index (χ4n) is 0.805. The van der Waals surface area contributed by atoms with Gasteiger partial charge in [0, 0.05) is 0 Å². The number of hydroxylamine groups is 1. The lowest BCUT2D eigenvalue weighted by Gasteiger charge is -1.95. The normalized spacial score (nSPS) is 9.31. The summed E-state index contributed by atoms with van der Waals surface area (Å²) in [7, 11) is 1.36. The van der Waals surface area contributed by atoms with Crippen molar-refractivity contribution < 1.29 is 9.63 Å². The van der Waals surface area contributed by atoms with Crippen LogP contribution in [0.4, 0.5) is 0 Å². The number of hydrogen-bond acceptors (Lipinski definition) is 2.